The number of nitrogens with zero attached hydrogens (tertiary/aromatic N) is 3. The second kappa shape index (κ2) is 7.05. The first kappa shape index (κ1) is 16.4. The van der Waals surface area contributed by atoms with Gasteiger partial charge in [0.05, 0.1) is 17.6 Å². The van der Waals surface area contributed by atoms with Crippen LogP contribution in [0.1, 0.15) is 5.69 Å². The van der Waals surface area contributed by atoms with Crippen molar-refractivity contribution in [1.29, 1.82) is 0 Å². The Labute approximate surface area is 153 Å². The number of benzene rings is 2. The van der Waals surface area contributed by atoms with E-state index in [-0.39, 0.29) is 5.82 Å². The normalized spacial score (nSPS) is 11.0. The molecule has 0 aliphatic carbocycles. The Morgan fingerprint density at radius 3 is 2.65 bits per heavy atom. The number of oxazole rings is 1. The number of nitrogens with two attached hydrogens (primary N) is 1. The molecule has 0 spiro atoms. The lowest BCUT2D eigenvalue weighted by atomic mass is 10.2. The molecule has 5 nitrogen and oxygen atoms in total. The molecule has 130 valence electrons. The van der Waals surface area contributed by atoms with Gasteiger partial charge in [-0.3, -0.25) is 0 Å². The van der Waals surface area contributed by atoms with Crippen molar-refractivity contribution in [2.75, 3.05) is 5.84 Å². The van der Waals surface area contributed by atoms with Crippen LogP contribution < -0.4 is 5.84 Å². The quantitative estimate of drug-likeness (QED) is 0.420. The standard InChI is InChI=1S/C19H15FN4OS/c20-15-8-4-7-14(9-15)18-22-16(11-25-18)12-26-19-23-17(10-24(19)21)13-5-2-1-3-6-13/h1-11H,12,21H2. The first-order chi connectivity index (χ1) is 12.7. The SMILES string of the molecule is Nn1cc(-c2ccccc2)nc1SCc1coc(-c2cccc(F)c2)n1. The number of nitrogen functional groups attached to an aromatic ring is 1. The van der Waals surface area contributed by atoms with Gasteiger partial charge in [0.1, 0.15) is 12.1 Å². The number of halogens is 1. The average molecular weight is 366 g/mol. The molecule has 0 saturated carbocycles. The molecule has 0 radical (unpaired) electrons. The van der Waals surface area contributed by atoms with Crippen molar-refractivity contribution in [1.82, 2.24) is 14.6 Å². The third kappa shape index (κ3) is 3.48. The molecule has 0 saturated heterocycles. The molecule has 0 atom stereocenters. The lowest BCUT2D eigenvalue weighted by molar-refractivity contribution is 0.571. The van der Waals surface area contributed by atoms with E-state index in [1.807, 2.05) is 30.3 Å². The molecule has 0 aliphatic rings. The summed E-state index contributed by atoms with van der Waals surface area (Å²) in [6, 6.07) is 16.0. The number of hydrogen-bond donors (Lipinski definition) is 1. The second-order valence-corrected chi connectivity index (χ2v) is 6.57. The molecule has 0 bridgehead atoms. The number of rotatable bonds is 5. The zero-order chi connectivity index (χ0) is 17.9. The number of hydrogen-bond acceptors (Lipinski definition) is 5. The Kier molecular flexibility index (Phi) is 4.45. The smallest absolute Gasteiger partial charge is 0.226 e. The van der Waals surface area contributed by atoms with E-state index < -0.39 is 0 Å². The van der Waals surface area contributed by atoms with E-state index in [1.165, 1.54) is 28.6 Å². The van der Waals surface area contributed by atoms with E-state index in [0.29, 0.717) is 22.4 Å². The van der Waals surface area contributed by atoms with Crippen molar-refractivity contribution in [3.8, 4) is 22.7 Å². The highest BCUT2D eigenvalue weighted by molar-refractivity contribution is 7.98. The van der Waals surface area contributed by atoms with E-state index in [2.05, 4.69) is 9.97 Å². The Morgan fingerprint density at radius 2 is 1.85 bits per heavy atom. The van der Waals surface area contributed by atoms with E-state index in [0.717, 1.165) is 17.0 Å². The zero-order valence-corrected chi connectivity index (χ0v) is 14.5. The Bertz CT molecular complexity index is 1030. The van der Waals surface area contributed by atoms with Gasteiger partial charge in [-0.2, -0.15) is 0 Å². The Balaban J connectivity index is 1.47. The minimum Gasteiger partial charge on any atom is -0.444 e. The predicted molar refractivity (Wildman–Crippen MR) is 99.3 cm³/mol. The summed E-state index contributed by atoms with van der Waals surface area (Å²) in [5.74, 6) is 6.61. The molecule has 0 aliphatic heterocycles. The Morgan fingerprint density at radius 1 is 1.04 bits per heavy atom. The van der Waals surface area contributed by atoms with Crippen LogP contribution in [-0.4, -0.2) is 14.6 Å². The van der Waals surface area contributed by atoms with Gasteiger partial charge in [0.25, 0.3) is 0 Å². The summed E-state index contributed by atoms with van der Waals surface area (Å²) in [5.41, 5.74) is 3.16. The summed E-state index contributed by atoms with van der Waals surface area (Å²) in [4.78, 5) is 8.96. The van der Waals surface area contributed by atoms with Crippen molar-refractivity contribution in [2.24, 2.45) is 0 Å². The third-order valence-electron chi connectivity index (χ3n) is 3.74. The highest BCUT2D eigenvalue weighted by Gasteiger charge is 2.12. The minimum atomic E-state index is -0.324. The van der Waals surface area contributed by atoms with Gasteiger partial charge in [0, 0.05) is 16.9 Å². The van der Waals surface area contributed by atoms with Crippen LogP contribution in [0.4, 0.5) is 4.39 Å². The van der Waals surface area contributed by atoms with Crippen LogP contribution in [0.15, 0.2) is 76.6 Å². The molecule has 7 heteroatoms. The summed E-state index contributed by atoms with van der Waals surface area (Å²) in [5, 5.41) is 0.680. The van der Waals surface area contributed by atoms with Gasteiger partial charge in [0.15, 0.2) is 5.16 Å². The van der Waals surface area contributed by atoms with Gasteiger partial charge in [-0.1, -0.05) is 48.2 Å². The van der Waals surface area contributed by atoms with Gasteiger partial charge in [0.2, 0.25) is 5.89 Å². The summed E-state index contributed by atoms with van der Waals surface area (Å²) in [7, 11) is 0. The van der Waals surface area contributed by atoms with E-state index in [9.17, 15) is 4.39 Å². The molecule has 0 amide bonds. The molecule has 0 unspecified atom stereocenters. The highest BCUT2D eigenvalue weighted by Crippen LogP contribution is 2.26. The third-order valence-corrected chi connectivity index (χ3v) is 4.74. The van der Waals surface area contributed by atoms with Gasteiger partial charge >= 0.3 is 0 Å². The fourth-order valence-corrected chi connectivity index (χ4v) is 3.27. The van der Waals surface area contributed by atoms with Crippen LogP contribution in [-0.2, 0) is 5.75 Å². The summed E-state index contributed by atoms with van der Waals surface area (Å²) < 4.78 is 20.3. The van der Waals surface area contributed by atoms with Gasteiger partial charge < -0.3 is 10.3 Å². The van der Waals surface area contributed by atoms with Crippen LogP contribution in [0.5, 0.6) is 0 Å². The van der Waals surface area contributed by atoms with E-state index in [1.54, 1.807) is 24.6 Å². The van der Waals surface area contributed by atoms with Gasteiger partial charge in [-0.25, -0.2) is 19.0 Å². The molecular weight excluding hydrogens is 351 g/mol. The van der Waals surface area contributed by atoms with Crippen LogP contribution in [0.25, 0.3) is 22.7 Å². The van der Waals surface area contributed by atoms with Crippen LogP contribution in [0.3, 0.4) is 0 Å². The van der Waals surface area contributed by atoms with Crippen LogP contribution in [0, 0.1) is 5.82 Å². The van der Waals surface area contributed by atoms with E-state index >= 15 is 0 Å². The Hall–Kier alpha value is -3.06. The number of aromatic nitrogens is 3. The summed E-state index contributed by atoms with van der Waals surface area (Å²) in [6.45, 7) is 0. The average Bonchev–Trinajstić information content (AvgIpc) is 3.27. The fraction of sp³-hybridized carbons (Fsp3) is 0.0526. The first-order valence-electron chi connectivity index (χ1n) is 7.92. The number of thioether (sulfide) groups is 1. The van der Waals surface area contributed by atoms with Crippen molar-refractivity contribution in [3.63, 3.8) is 0 Å². The van der Waals surface area contributed by atoms with Crippen molar-refractivity contribution < 1.29 is 8.81 Å². The molecule has 2 aromatic heterocycles. The summed E-state index contributed by atoms with van der Waals surface area (Å²) in [6.07, 6.45) is 3.35. The fourth-order valence-electron chi connectivity index (χ4n) is 2.50. The maximum Gasteiger partial charge on any atom is 0.226 e. The lowest BCUT2D eigenvalue weighted by Gasteiger charge is -1.98. The largest absolute Gasteiger partial charge is 0.444 e. The number of imidazole rings is 1. The van der Waals surface area contributed by atoms with Gasteiger partial charge in [-0.15, -0.1) is 0 Å². The molecule has 0 fully saturated rings. The van der Waals surface area contributed by atoms with Crippen molar-refractivity contribution in [2.45, 2.75) is 10.9 Å². The minimum absolute atomic E-state index is 0.324. The molecule has 2 N–H and O–H groups in total. The molecule has 2 aromatic carbocycles. The molecule has 4 rings (SSSR count). The maximum absolute atomic E-state index is 13.3. The highest BCUT2D eigenvalue weighted by atomic mass is 32.2. The monoisotopic (exact) mass is 366 g/mol. The lowest BCUT2D eigenvalue weighted by Crippen LogP contribution is -2.07. The maximum atomic E-state index is 13.3. The topological polar surface area (TPSA) is 69.9 Å². The van der Waals surface area contributed by atoms with Crippen molar-refractivity contribution in [3.05, 3.63) is 78.6 Å². The molecule has 2 heterocycles. The first-order valence-corrected chi connectivity index (χ1v) is 8.90. The van der Waals surface area contributed by atoms with E-state index in [4.69, 9.17) is 10.3 Å². The van der Waals surface area contributed by atoms with Crippen LogP contribution >= 0.6 is 11.8 Å². The zero-order valence-electron chi connectivity index (χ0n) is 13.7. The second-order valence-electron chi connectivity index (χ2n) is 5.63. The predicted octanol–water partition coefficient (Wildman–Crippen LogP) is 4.35. The van der Waals surface area contributed by atoms with Crippen LogP contribution in [0.2, 0.25) is 0 Å². The molecule has 26 heavy (non-hydrogen) atoms. The molecule has 4 aromatic rings. The molecular formula is C19H15FN4OS. The summed E-state index contributed by atoms with van der Waals surface area (Å²) >= 11 is 1.46. The van der Waals surface area contributed by atoms with Crippen molar-refractivity contribution >= 4 is 11.8 Å². The van der Waals surface area contributed by atoms with Gasteiger partial charge in [-0.05, 0) is 18.2 Å².